The summed E-state index contributed by atoms with van der Waals surface area (Å²) >= 11 is 0. The molecule has 1 aromatic rings. The largest absolute Gasteiger partial charge is 0.316 e. The van der Waals surface area contributed by atoms with Crippen molar-refractivity contribution in [2.75, 3.05) is 40.8 Å². The van der Waals surface area contributed by atoms with Crippen LogP contribution in [0.15, 0.2) is 12.4 Å². The standard InChI is InChI=1S/C13H23N5/c1-14-7-11-8-15-13(16-9-11)6-12-10-17(2)4-5-18(12)3/h8-9,12,14H,4-7,10H2,1-3H3. The Morgan fingerprint density at radius 2 is 2.00 bits per heavy atom. The molecule has 1 aromatic heterocycles. The summed E-state index contributed by atoms with van der Waals surface area (Å²) in [4.78, 5) is 13.7. The van der Waals surface area contributed by atoms with E-state index < -0.39 is 0 Å². The number of nitrogens with one attached hydrogen (secondary N) is 1. The van der Waals surface area contributed by atoms with Gasteiger partial charge in [0.1, 0.15) is 5.82 Å². The number of piperazine rings is 1. The number of rotatable bonds is 4. The number of hydrogen-bond acceptors (Lipinski definition) is 5. The van der Waals surface area contributed by atoms with Gasteiger partial charge in [0.25, 0.3) is 0 Å². The van der Waals surface area contributed by atoms with Crippen molar-refractivity contribution in [1.82, 2.24) is 25.1 Å². The lowest BCUT2D eigenvalue weighted by molar-refractivity contribution is 0.113. The maximum Gasteiger partial charge on any atom is 0.129 e. The molecule has 1 N–H and O–H groups in total. The molecule has 0 aromatic carbocycles. The first-order chi connectivity index (χ1) is 8.69. The lowest BCUT2D eigenvalue weighted by atomic mass is 10.1. The van der Waals surface area contributed by atoms with Gasteiger partial charge in [-0.05, 0) is 21.1 Å². The predicted molar refractivity (Wildman–Crippen MR) is 72.4 cm³/mol. The molecule has 5 nitrogen and oxygen atoms in total. The number of hydrogen-bond donors (Lipinski definition) is 1. The maximum atomic E-state index is 4.45. The minimum Gasteiger partial charge on any atom is -0.316 e. The predicted octanol–water partition coefficient (Wildman–Crippen LogP) is -0.0157. The summed E-state index contributed by atoms with van der Waals surface area (Å²) in [6.45, 7) is 4.19. The van der Waals surface area contributed by atoms with Crippen LogP contribution in [0.1, 0.15) is 11.4 Å². The molecule has 2 heterocycles. The minimum atomic E-state index is 0.527. The topological polar surface area (TPSA) is 44.3 Å². The molecule has 5 heteroatoms. The second kappa shape index (κ2) is 6.22. The van der Waals surface area contributed by atoms with Crippen molar-refractivity contribution in [3.63, 3.8) is 0 Å². The van der Waals surface area contributed by atoms with Crippen molar-refractivity contribution >= 4 is 0 Å². The van der Waals surface area contributed by atoms with Gasteiger partial charge in [0.2, 0.25) is 0 Å². The molecule has 100 valence electrons. The average Bonchev–Trinajstić information content (AvgIpc) is 2.37. The van der Waals surface area contributed by atoms with E-state index in [1.165, 1.54) is 0 Å². The Bertz CT molecular complexity index is 364. The molecule has 0 amide bonds. The lowest BCUT2D eigenvalue weighted by Crippen LogP contribution is -2.50. The van der Waals surface area contributed by atoms with E-state index in [1.807, 2.05) is 19.4 Å². The summed E-state index contributed by atoms with van der Waals surface area (Å²) in [5.41, 5.74) is 1.13. The fraction of sp³-hybridized carbons (Fsp3) is 0.692. The summed E-state index contributed by atoms with van der Waals surface area (Å²) in [5.74, 6) is 0.946. The van der Waals surface area contributed by atoms with Gasteiger partial charge in [0, 0.05) is 56.6 Å². The van der Waals surface area contributed by atoms with Gasteiger partial charge in [-0.2, -0.15) is 0 Å². The third-order valence-corrected chi connectivity index (χ3v) is 3.54. The van der Waals surface area contributed by atoms with Gasteiger partial charge >= 0.3 is 0 Å². The van der Waals surface area contributed by atoms with Gasteiger partial charge in [-0.15, -0.1) is 0 Å². The average molecular weight is 249 g/mol. The van der Waals surface area contributed by atoms with Crippen LogP contribution in [0, 0.1) is 0 Å². The zero-order chi connectivity index (χ0) is 13.0. The first-order valence-electron chi connectivity index (χ1n) is 6.52. The molecule has 0 aliphatic carbocycles. The Morgan fingerprint density at radius 3 is 2.67 bits per heavy atom. The fourth-order valence-electron chi connectivity index (χ4n) is 2.31. The zero-order valence-corrected chi connectivity index (χ0v) is 11.6. The first kappa shape index (κ1) is 13.4. The van der Waals surface area contributed by atoms with Gasteiger partial charge in [0.05, 0.1) is 0 Å². The van der Waals surface area contributed by atoms with Gasteiger partial charge in [-0.25, -0.2) is 9.97 Å². The maximum absolute atomic E-state index is 4.45. The molecular weight excluding hydrogens is 226 g/mol. The second-order valence-corrected chi connectivity index (χ2v) is 5.14. The Morgan fingerprint density at radius 1 is 1.28 bits per heavy atom. The van der Waals surface area contributed by atoms with E-state index in [1.54, 1.807) is 0 Å². The summed E-state index contributed by atoms with van der Waals surface area (Å²) in [5, 5.41) is 3.10. The zero-order valence-electron chi connectivity index (χ0n) is 11.6. The molecule has 1 fully saturated rings. The molecular formula is C13H23N5. The Balaban J connectivity index is 1.95. The van der Waals surface area contributed by atoms with Crippen LogP contribution in [0.25, 0.3) is 0 Å². The molecule has 1 aliphatic rings. The van der Waals surface area contributed by atoms with E-state index in [2.05, 4.69) is 39.2 Å². The van der Waals surface area contributed by atoms with E-state index in [-0.39, 0.29) is 0 Å². The third-order valence-electron chi connectivity index (χ3n) is 3.54. The molecule has 1 aliphatic heterocycles. The minimum absolute atomic E-state index is 0.527. The summed E-state index contributed by atoms with van der Waals surface area (Å²) in [6.07, 6.45) is 4.78. The summed E-state index contributed by atoms with van der Waals surface area (Å²) < 4.78 is 0. The van der Waals surface area contributed by atoms with Crippen LogP contribution >= 0.6 is 0 Å². The van der Waals surface area contributed by atoms with Crippen LogP contribution in [0.3, 0.4) is 0 Å². The highest BCUT2D eigenvalue weighted by molar-refractivity contribution is 5.05. The molecule has 18 heavy (non-hydrogen) atoms. The molecule has 0 bridgehead atoms. The van der Waals surface area contributed by atoms with Crippen molar-refractivity contribution < 1.29 is 0 Å². The monoisotopic (exact) mass is 249 g/mol. The third kappa shape index (κ3) is 3.48. The Labute approximate surface area is 109 Å². The van der Waals surface area contributed by atoms with Gasteiger partial charge < -0.3 is 15.1 Å². The molecule has 1 unspecified atom stereocenters. The molecule has 0 radical (unpaired) electrons. The highest BCUT2D eigenvalue weighted by Gasteiger charge is 2.22. The lowest BCUT2D eigenvalue weighted by Gasteiger charge is -2.37. The van der Waals surface area contributed by atoms with E-state index >= 15 is 0 Å². The highest BCUT2D eigenvalue weighted by Crippen LogP contribution is 2.10. The smallest absolute Gasteiger partial charge is 0.129 e. The summed E-state index contributed by atoms with van der Waals surface area (Å²) in [7, 11) is 6.30. The summed E-state index contributed by atoms with van der Waals surface area (Å²) in [6, 6.07) is 0.527. The van der Waals surface area contributed by atoms with Crippen molar-refractivity contribution in [2.24, 2.45) is 0 Å². The van der Waals surface area contributed by atoms with E-state index in [0.717, 1.165) is 44.0 Å². The van der Waals surface area contributed by atoms with Gasteiger partial charge in [-0.3, -0.25) is 0 Å². The first-order valence-corrected chi connectivity index (χ1v) is 6.52. The second-order valence-electron chi connectivity index (χ2n) is 5.14. The highest BCUT2D eigenvalue weighted by atomic mass is 15.3. The quantitative estimate of drug-likeness (QED) is 0.813. The molecule has 0 spiro atoms. The Hall–Kier alpha value is -1.04. The number of likely N-dealkylation sites (N-methyl/N-ethyl adjacent to an activating group) is 2. The van der Waals surface area contributed by atoms with E-state index in [0.29, 0.717) is 6.04 Å². The molecule has 2 rings (SSSR count). The van der Waals surface area contributed by atoms with Crippen LogP contribution in [-0.2, 0) is 13.0 Å². The van der Waals surface area contributed by atoms with Gasteiger partial charge in [-0.1, -0.05) is 0 Å². The van der Waals surface area contributed by atoms with Crippen molar-refractivity contribution in [3.8, 4) is 0 Å². The van der Waals surface area contributed by atoms with Gasteiger partial charge in [0.15, 0.2) is 0 Å². The number of nitrogens with zero attached hydrogens (tertiary/aromatic N) is 4. The van der Waals surface area contributed by atoms with Crippen molar-refractivity contribution in [3.05, 3.63) is 23.8 Å². The fourth-order valence-corrected chi connectivity index (χ4v) is 2.31. The SMILES string of the molecule is CNCc1cnc(CC2CN(C)CCN2C)nc1. The van der Waals surface area contributed by atoms with Crippen LogP contribution in [0.2, 0.25) is 0 Å². The Kier molecular flexibility index (Phi) is 4.63. The molecule has 0 saturated carbocycles. The normalized spacial score (nSPS) is 22.3. The van der Waals surface area contributed by atoms with Crippen molar-refractivity contribution in [1.29, 1.82) is 0 Å². The van der Waals surface area contributed by atoms with Crippen LogP contribution in [-0.4, -0.2) is 66.6 Å². The number of aromatic nitrogens is 2. The van der Waals surface area contributed by atoms with Crippen molar-refractivity contribution in [2.45, 2.75) is 19.0 Å². The van der Waals surface area contributed by atoms with Crippen LogP contribution in [0.5, 0.6) is 0 Å². The molecule has 1 atom stereocenters. The van der Waals surface area contributed by atoms with E-state index in [9.17, 15) is 0 Å². The van der Waals surface area contributed by atoms with E-state index in [4.69, 9.17) is 0 Å². The molecule has 1 saturated heterocycles. The van der Waals surface area contributed by atoms with Crippen LogP contribution in [0.4, 0.5) is 0 Å². The van der Waals surface area contributed by atoms with Crippen LogP contribution < -0.4 is 5.32 Å².